The topological polar surface area (TPSA) is 164 Å². The third kappa shape index (κ3) is 4.16. The molecule has 0 aromatic carbocycles. The quantitative estimate of drug-likeness (QED) is 0.395. The van der Waals surface area contributed by atoms with Crippen molar-refractivity contribution < 1.29 is 24.2 Å². The first-order valence-electron chi connectivity index (χ1n) is 10.8. The van der Waals surface area contributed by atoms with Gasteiger partial charge in [0, 0.05) is 0 Å². The number of carbonyl (C=O) groups excluding carboxylic acids is 1. The van der Waals surface area contributed by atoms with Gasteiger partial charge in [-0.25, -0.2) is 20.0 Å². The summed E-state index contributed by atoms with van der Waals surface area (Å²) >= 11 is 0. The Morgan fingerprint density at radius 1 is 1.28 bits per heavy atom. The third-order valence-corrected chi connectivity index (χ3v) is 6.20. The molecule has 0 bridgehead atoms. The lowest BCUT2D eigenvalue weighted by atomic mass is 9.99. The third-order valence-electron chi connectivity index (χ3n) is 6.20. The van der Waals surface area contributed by atoms with Gasteiger partial charge in [0.25, 0.3) is 5.91 Å². The number of amides is 1. The van der Waals surface area contributed by atoms with E-state index < -0.39 is 42.2 Å². The summed E-state index contributed by atoms with van der Waals surface area (Å²) in [5, 5.41) is 11.1. The number of rotatable bonds is 7. The van der Waals surface area contributed by atoms with Gasteiger partial charge in [-0.3, -0.25) is 10.0 Å². The van der Waals surface area contributed by atoms with Gasteiger partial charge in [0.05, 0.1) is 25.5 Å². The van der Waals surface area contributed by atoms with Crippen molar-refractivity contribution in [2.45, 2.75) is 76.9 Å². The molecule has 0 spiro atoms. The number of fused-ring (bicyclic) bond motifs is 2. The molecule has 176 valence electrons. The van der Waals surface area contributed by atoms with Gasteiger partial charge in [0.2, 0.25) is 0 Å². The Morgan fingerprint density at radius 3 is 2.66 bits per heavy atom. The molecule has 2 aliphatic heterocycles. The molecule has 2 aromatic heterocycles. The van der Waals surface area contributed by atoms with E-state index in [0.29, 0.717) is 28.6 Å². The molecule has 0 radical (unpaired) electrons. The van der Waals surface area contributed by atoms with Crippen molar-refractivity contribution in [2.24, 2.45) is 11.7 Å². The Labute approximate surface area is 185 Å². The van der Waals surface area contributed by atoms with Gasteiger partial charge in [0.1, 0.15) is 36.3 Å². The molecule has 5 N–H and O–H groups in total. The van der Waals surface area contributed by atoms with Gasteiger partial charge in [-0.2, -0.15) is 0 Å². The number of nitrogens with two attached hydrogens (primary N) is 2. The maximum Gasteiger partial charge on any atom is 0.263 e. The summed E-state index contributed by atoms with van der Waals surface area (Å²) in [4.78, 5) is 25.1. The number of hydroxylamine groups is 2. The highest BCUT2D eigenvalue weighted by Crippen LogP contribution is 2.39. The molecule has 2 saturated heterocycles. The number of nitrogen functional groups attached to an aromatic ring is 1. The van der Waals surface area contributed by atoms with Crippen LogP contribution in [0.25, 0.3) is 11.2 Å². The zero-order valence-electron chi connectivity index (χ0n) is 18.7. The number of imidazole rings is 1. The van der Waals surface area contributed by atoms with Crippen LogP contribution in [0.3, 0.4) is 0 Å². The van der Waals surface area contributed by atoms with Crippen LogP contribution in [0.2, 0.25) is 0 Å². The fourth-order valence-corrected chi connectivity index (χ4v) is 4.22. The maximum absolute atomic E-state index is 12.6. The van der Waals surface area contributed by atoms with Crippen molar-refractivity contribution in [3.05, 3.63) is 12.7 Å². The number of hydrogen-bond donors (Lipinski definition) is 3. The van der Waals surface area contributed by atoms with E-state index in [0.717, 1.165) is 6.42 Å². The fourth-order valence-electron chi connectivity index (χ4n) is 4.22. The second-order valence-electron chi connectivity index (χ2n) is 8.94. The number of carbonyl (C=O) groups is 1. The SMILES string of the molecule is CC[C@H](C)[C@H](N)C(=O)N(O)C[C@H]1O[C@@H](Cn2cnc3c(N)ncnc32)[C@@H]2OC(C)(C)O[C@@H]21. The standard InChI is InChI=1S/C20H31N7O5/c1-5-10(2)13(21)19(28)27(29)7-12-16-15(31-20(3,4)32-16)11(30-12)6-26-9-25-14-17(22)23-8-24-18(14)26/h8-13,15-16,29H,5-7,21H2,1-4H3,(H2,22,23,24)/t10-,11-,12+,13-,15-,16+/m0/s1. The zero-order valence-corrected chi connectivity index (χ0v) is 18.7. The summed E-state index contributed by atoms with van der Waals surface area (Å²) in [6.45, 7) is 7.74. The van der Waals surface area contributed by atoms with Crippen LogP contribution in [-0.2, 0) is 25.5 Å². The molecule has 12 nitrogen and oxygen atoms in total. The van der Waals surface area contributed by atoms with E-state index in [2.05, 4.69) is 15.0 Å². The van der Waals surface area contributed by atoms with Crippen LogP contribution in [0.1, 0.15) is 34.1 Å². The van der Waals surface area contributed by atoms with E-state index >= 15 is 0 Å². The maximum atomic E-state index is 12.6. The van der Waals surface area contributed by atoms with Gasteiger partial charge in [-0.15, -0.1) is 0 Å². The van der Waals surface area contributed by atoms with Crippen LogP contribution >= 0.6 is 0 Å². The van der Waals surface area contributed by atoms with Crippen molar-refractivity contribution in [3.8, 4) is 0 Å². The summed E-state index contributed by atoms with van der Waals surface area (Å²) in [6, 6.07) is -0.794. The second-order valence-corrected chi connectivity index (χ2v) is 8.94. The van der Waals surface area contributed by atoms with Crippen LogP contribution < -0.4 is 11.5 Å². The average molecular weight is 450 g/mol. The monoisotopic (exact) mass is 449 g/mol. The van der Waals surface area contributed by atoms with E-state index in [9.17, 15) is 10.0 Å². The molecule has 6 atom stereocenters. The van der Waals surface area contributed by atoms with Crippen LogP contribution in [0.5, 0.6) is 0 Å². The lowest BCUT2D eigenvalue weighted by Crippen LogP contribution is -2.49. The Morgan fingerprint density at radius 2 is 1.97 bits per heavy atom. The number of hydrogen-bond acceptors (Lipinski definition) is 10. The number of aromatic nitrogens is 4. The molecule has 32 heavy (non-hydrogen) atoms. The van der Waals surface area contributed by atoms with Crippen molar-refractivity contribution in [3.63, 3.8) is 0 Å². The number of ether oxygens (including phenoxy) is 3. The molecule has 0 unspecified atom stereocenters. The number of nitrogens with zero attached hydrogens (tertiary/aromatic N) is 5. The van der Waals surface area contributed by atoms with E-state index in [1.807, 2.05) is 32.3 Å². The molecule has 4 rings (SSSR count). The summed E-state index contributed by atoms with van der Waals surface area (Å²) in [7, 11) is 0. The highest BCUT2D eigenvalue weighted by atomic mass is 16.8. The molecule has 4 heterocycles. The van der Waals surface area contributed by atoms with Crippen molar-refractivity contribution >= 4 is 22.9 Å². The Balaban J connectivity index is 1.51. The van der Waals surface area contributed by atoms with E-state index in [4.69, 9.17) is 25.7 Å². The zero-order chi connectivity index (χ0) is 23.2. The van der Waals surface area contributed by atoms with Gasteiger partial charge >= 0.3 is 0 Å². The Hall–Kier alpha value is -2.38. The number of anilines is 1. The summed E-state index contributed by atoms with van der Waals surface area (Å²) in [5.41, 5.74) is 13.0. The van der Waals surface area contributed by atoms with Crippen LogP contribution in [0.4, 0.5) is 5.82 Å². The van der Waals surface area contributed by atoms with Crippen LogP contribution in [0.15, 0.2) is 12.7 Å². The van der Waals surface area contributed by atoms with Crippen molar-refractivity contribution in [1.82, 2.24) is 24.6 Å². The predicted molar refractivity (Wildman–Crippen MR) is 113 cm³/mol. The lowest BCUT2D eigenvalue weighted by Gasteiger charge is -2.28. The smallest absolute Gasteiger partial charge is 0.263 e. The van der Waals surface area contributed by atoms with E-state index in [1.54, 1.807) is 6.33 Å². The molecule has 2 fully saturated rings. The van der Waals surface area contributed by atoms with Gasteiger partial charge < -0.3 is 30.2 Å². The first kappa shape index (κ1) is 22.8. The molecular weight excluding hydrogens is 418 g/mol. The minimum atomic E-state index is -0.823. The Kier molecular flexibility index (Phi) is 6.07. The second kappa shape index (κ2) is 8.52. The van der Waals surface area contributed by atoms with Gasteiger partial charge in [-0.1, -0.05) is 20.3 Å². The molecule has 1 amide bonds. The minimum absolute atomic E-state index is 0.0592. The first-order chi connectivity index (χ1) is 15.1. The largest absolute Gasteiger partial charge is 0.382 e. The molecule has 0 aliphatic carbocycles. The lowest BCUT2D eigenvalue weighted by molar-refractivity contribution is -0.203. The van der Waals surface area contributed by atoms with Gasteiger partial charge in [0.15, 0.2) is 17.3 Å². The highest BCUT2D eigenvalue weighted by Gasteiger charge is 2.55. The Bertz CT molecular complexity index is 982. The molecule has 2 aliphatic rings. The first-order valence-corrected chi connectivity index (χ1v) is 10.8. The minimum Gasteiger partial charge on any atom is -0.382 e. The summed E-state index contributed by atoms with van der Waals surface area (Å²) in [6.07, 6.45) is 1.84. The molecule has 0 saturated carbocycles. The van der Waals surface area contributed by atoms with Crippen LogP contribution in [-0.4, -0.2) is 78.5 Å². The fraction of sp³-hybridized carbons (Fsp3) is 0.700. The molecular formula is C20H31N7O5. The van der Waals surface area contributed by atoms with Crippen molar-refractivity contribution in [2.75, 3.05) is 12.3 Å². The normalized spacial score (nSPS) is 28.6. The van der Waals surface area contributed by atoms with Crippen LogP contribution in [0, 0.1) is 5.92 Å². The molecule has 2 aromatic rings. The van der Waals surface area contributed by atoms with Crippen molar-refractivity contribution in [1.29, 1.82) is 0 Å². The average Bonchev–Trinajstić information content (AvgIpc) is 3.39. The van der Waals surface area contributed by atoms with E-state index in [1.165, 1.54) is 6.33 Å². The predicted octanol–water partition coefficient (Wildman–Crippen LogP) is 0.287. The van der Waals surface area contributed by atoms with Gasteiger partial charge in [-0.05, 0) is 19.8 Å². The molecule has 12 heteroatoms. The van der Waals surface area contributed by atoms with E-state index in [-0.39, 0.29) is 12.5 Å². The summed E-state index contributed by atoms with van der Waals surface area (Å²) in [5.74, 6) is -1.13. The highest BCUT2D eigenvalue weighted by molar-refractivity contribution is 5.81. The summed E-state index contributed by atoms with van der Waals surface area (Å²) < 4.78 is 20.2.